The Morgan fingerprint density at radius 2 is 1.84 bits per heavy atom. The fourth-order valence-electron chi connectivity index (χ4n) is 1.86. The number of hydrogen-bond acceptors (Lipinski definition) is 2. The minimum absolute atomic E-state index is 0.152. The fourth-order valence-corrected chi connectivity index (χ4v) is 1.86. The van der Waals surface area contributed by atoms with Crippen molar-refractivity contribution in [2.24, 2.45) is 0 Å². The van der Waals surface area contributed by atoms with Crippen molar-refractivity contribution in [2.45, 2.75) is 33.7 Å². The molecule has 0 aliphatic rings. The van der Waals surface area contributed by atoms with Crippen LogP contribution in [0.5, 0.6) is 0 Å². The van der Waals surface area contributed by atoms with E-state index in [1.165, 1.54) is 23.6 Å². The first kappa shape index (κ1) is 13.5. The lowest BCUT2D eigenvalue weighted by Crippen LogP contribution is -2.14. The number of aromatic nitrogens is 2. The van der Waals surface area contributed by atoms with Crippen LogP contribution in [0.4, 0.5) is 14.7 Å². The molecule has 0 unspecified atom stereocenters. The van der Waals surface area contributed by atoms with Crippen LogP contribution < -0.4 is 5.32 Å². The van der Waals surface area contributed by atoms with Crippen LogP contribution >= 0.6 is 0 Å². The Balaban J connectivity index is 2.55. The molecule has 1 heterocycles. The molecule has 0 aliphatic carbocycles. The lowest BCUT2D eigenvalue weighted by Gasteiger charge is -2.13. The van der Waals surface area contributed by atoms with Gasteiger partial charge in [-0.25, -0.2) is 13.8 Å². The number of aryl methyl sites for hydroxylation is 2. The molecule has 1 N–H and O–H groups in total. The van der Waals surface area contributed by atoms with E-state index in [0.29, 0.717) is 5.95 Å². The van der Waals surface area contributed by atoms with Gasteiger partial charge in [0.1, 0.15) is 11.6 Å². The molecule has 0 saturated carbocycles. The highest BCUT2D eigenvalue weighted by atomic mass is 19.1. The molecule has 0 bridgehead atoms. The molecule has 3 nitrogen and oxygen atoms in total. The molecule has 0 spiro atoms. The van der Waals surface area contributed by atoms with Crippen molar-refractivity contribution >= 4 is 5.95 Å². The summed E-state index contributed by atoms with van der Waals surface area (Å²) in [6.45, 7) is 7.26. The average Bonchev–Trinajstić information content (AvgIpc) is 2.63. The predicted molar refractivity (Wildman–Crippen MR) is 71.7 cm³/mol. The van der Waals surface area contributed by atoms with E-state index in [-0.39, 0.29) is 17.3 Å². The summed E-state index contributed by atoms with van der Waals surface area (Å²) < 4.78 is 29.2. The molecule has 102 valence electrons. The van der Waals surface area contributed by atoms with E-state index in [4.69, 9.17) is 0 Å². The first-order valence-corrected chi connectivity index (χ1v) is 6.17. The third kappa shape index (κ3) is 2.75. The van der Waals surface area contributed by atoms with E-state index < -0.39 is 11.6 Å². The van der Waals surface area contributed by atoms with Gasteiger partial charge in [0.2, 0.25) is 5.95 Å². The Labute approximate surface area is 111 Å². The predicted octanol–water partition coefficient (Wildman–Crippen LogP) is 3.59. The highest BCUT2D eigenvalue weighted by molar-refractivity contribution is 5.45. The minimum Gasteiger partial charge on any atom is -0.353 e. The Bertz CT molecular complexity index is 603. The van der Waals surface area contributed by atoms with Gasteiger partial charge in [0.05, 0.1) is 11.4 Å². The molecule has 0 atom stereocenters. The van der Waals surface area contributed by atoms with Gasteiger partial charge in [-0.2, -0.15) is 0 Å². The van der Waals surface area contributed by atoms with Crippen molar-refractivity contribution in [1.29, 1.82) is 0 Å². The van der Waals surface area contributed by atoms with Crippen LogP contribution in [0.25, 0.3) is 5.69 Å². The smallest absolute Gasteiger partial charge is 0.208 e. The third-order valence-electron chi connectivity index (χ3n) is 2.73. The van der Waals surface area contributed by atoms with Crippen LogP contribution in [0.1, 0.15) is 25.1 Å². The minimum atomic E-state index is -0.469. The van der Waals surface area contributed by atoms with Crippen molar-refractivity contribution in [3.05, 3.63) is 41.2 Å². The monoisotopic (exact) mass is 265 g/mol. The van der Waals surface area contributed by atoms with Gasteiger partial charge in [-0.15, -0.1) is 0 Å². The molecular weight excluding hydrogens is 248 g/mol. The molecule has 2 aromatic rings. The number of nitrogens with zero attached hydrogens (tertiary/aromatic N) is 2. The van der Waals surface area contributed by atoms with Gasteiger partial charge in [-0.05, 0) is 39.3 Å². The fraction of sp³-hybridized carbons (Fsp3) is 0.357. The molecule has 0 saturated heterocycles. The molecule has 2 rings (SSSR count). The molecule has 0 radical (unpaired) electrons. The molecule has 0 aliphatic heterocycles. The standard InChI is InChI=1S/C14H17F2N3/c1-8(2)17-14-18-10(4)7-19(14)13-6-11(15)9(3)5-12(13)16/h5-8H,1-4H3,(H,17,18). The number of imidazole rings is 1. The molecular formula is C14H17F2N3. The van der Waals surface area contributed by atoms with Gasteiger partial charge < -0.3 is 5.32 Å². The summed E-state index contributed by atoms with van der Waals surface area (Å²) in [6.07, 6.45) is 1.68. The maximum atomic E-state index is 14.0. The van der Waals surface area contributed by atoms with Gasteiger partial charge in [0.25, 0.3) is 0 Å². The van der Waals surface area contributed by atoms with E-state index in [0.717, 1.165) is 5.69 Å². The molecule has 0 fully saturated rings. The second-order valence-electron chi connectivity index (χ2n) is 4.93. The maximum absolute atomic E-state index is 14.0. The van der Waals surface area contributed by atoms with E-state index in [2.05, 4.69) is 10.3 Å². The van der Waals surface area contributed by atoms with Gasteiger partial charge in [-0.3, -0.25) is 4.57 Å². The zero-order chi connectivity index (χ0) is 14.2. The average molecular weight is 265 g/mol. The number of benzene rings is 1. The number of rotatable bonds is 3. The molecule has 1 aromatic carbocycles. The van der Waals surface area contributed by atoms with Gasteiger partial charge in [0.15, 0.2) is 0 Å². The highest BCUT2D eigenvalue weighted by Crippen LogP contribution is 2.22. The molecule has 19 heavy (non-hydrogen) atoms. The Morgan fingerprint density at radius 3 is 2.47 bits per heavy atom. The number of nitrogens with one attached hydrogen (secondary N) is 1. The first-order valence-electron chi connectivity index (χ1n) is 6.17. The molecule has 0 amide bonds. The summed E-state index contributed by atoms with van der Waals surface area (Å²) in [5.74, 6) is -0.393. The van der Waals surface area contributed by atoms with Gasteiger partial charge >= 0.3 is 0 Å². The van der Waals surface area contributed by atoms with Crippen molar-refractivity contribution < 1.29 is 8.78 Å². The van der Waals surface area contributed by atoms with Crippen molar-refractivity contribution in [3.63, 3.8) is 0 Å². The van der Waals surface area contributed by atoms with Crippen LogP contribution in [0.15, 0.2) is 18.3 Å². The quantitative estimate of drug-likeness (QED) is 0.919. The third-order valence-corrected chi connectivity index (χ3v) is 2.73. The Hall–Kier alpha value is -1.91. The van der Waals surface area contributed by atoms with Crippen LogP contribution in [-0.4, -0.2) is 15.6 Å². The summed E-state index contributed by atoms with van der Waals surface area (Å²) >= 11 is 0. The van der Waals surface area contributed by atoms with Crippen LogP contribution in [0, 0.1) is 25.5 Å². The van der Waals surface area contributed by atoms with E-state index >= 15 is 0 Å². The lowest BCUT2D eigenvalue weighted by atomic mass is 10.2. The topological polar surface area (TPSA) is 29.9 Å². The van der Waals surface area contributed by atoms with Crippen LogP contribution in [-0.2, 0) is 0 Å². The summed E-state index contributed by atoms with van der Waals surface area (Å²) in [5, 5.41) is 3.12. The van der Waals surface area contributed by atoms with Crippen molar-refractivity contribution in [1.82, 2.24) is 9.55 Å². The van der Waals surface area contributed by atoms with Crippen molar-refractivity contribution in [3.8, 4) is 5.69 Å². The van der Waals surface area contributed by atoms with E-state index in [1.54, 1.807) is 6.20 Å². The summed E-state index contributed by atoms with van der Waals surface area (Å²) in [6, 6.07) is 2.54. The van der Waals surface area contributed by atoms with Gasteiger partial charge in [0, 0.05) is 18.3 Å². The van der Waals surface area contributed by atoms with E-state index in [9.17, 15) is 8.78 Å². The van der Waals surface area contributed by atoms with Crippen molar-refractivity contribution in [2.75, 3.05) is 5.32 Å². The SMILES string of the molecule is Cc1cn(-c2cc(F)c(C)cc2F)c(NC(C)C)n1. The molecule has 5 heteroatoms. The van der Waals surface area contributed by atoms with Crippen LogP contribution in [0.3, 0.4) is 0 Å². The first-order chi connectivity index (χ1) is 8.88. The second kappa shape index (κ2) is 4.99. The van der Waals surface area contributed by atoms with E-state index in [1.807, 2.05) is 20.8 Å². The van der Waals surface area contributed by atoms with Gasteiger partial charge in [-0.1, -0.05) is 0 Å². The Morgan fingerprint density at radius 1 is 1.16 bits per heavy atom. The largest absolute Gasteiger partial charge is 0.353 e. The number of halogens is 2. The maximum Gasteiger partial charge on any atom is 0.208 e. The summed E-state index contributed by atoms with van der Waals surface area (Å²) in [4.78, 5) is 4.28. The lowest BCUT2D eigenvalue weighted by molar-refractivity contribution is 0.585. The summed E-state index contributed by atoms with van der Waals surface area (Å²) in [5.41, 5.74) is 1.19. The normalized spacial score (nSPS) is 11.1. The molecule has 1 aromatic heterocycles. The van der Waals surface area contributed by atoms with Crippen LogP contribution in [0.2, 0.25) is 0 Å². The number of anilines is 1. The Kier molecular flexibility index (Phi) is 3.55. The summed E-state index contributed by atoms with van der Waals surface area (Å²) in [7, 11) is 0. The number of hydrogen-bond donors (Lipinski definition) is 1. The highest BCUT2D eigenvalue weighted by Gasteiger charge is 2.14. The zero-order valence-electron chi connectivity index (χ0n) is 11.5. The second-order valence-corrected chi connectivity index (χ2v) is 4.93. The zero-order valence-corrected chi connectivity index (χ0v) is 11.5.